The maximum Gasteiger partial charge on any atom is 0.311 e. The van der Waals surface area contributed by atoms with Gasteiger partial charge >= 0.3 is 5.69 Å². The van der Waals surface area contributed by atoms with E-state index >= 15 is 0 Å². The van der Waals surface area contributed by atoms with Crippen molar-refractivity contribution in [3.8, 4) is 17.2 Å². The summed E-state index contributed by atoms with van der Waals surface area (Å²) in [7, 11) is 0. The summed E-state index contributed by atoms with van der Waals surface area (Å²) in [6.07, 6.45) is 0. The van der Waals surface area contributed by atoms with Crippen LogP contribution in [0.3, 0.4) is 0 Å². The number of nitro benzene ring substituents is 1. The molecule has 0 saturated heterocycles. The van der Waals surface area contributed by atoms with Gasteiger partial charge in [0, 0.05) is 17.7 Å². The van der Waals surface area contributed by atoms with E-state index in [-0.39, 0.29) is 11.4 Å². The van der Waals surface area contributed by atoms with Crippen molar-refractivity contribution in [3.63, 3.8) is 0 Å². The van der Waals surface area contributed by atoms with E-state index in [1.165, 1.54) is 18.2 Å². The first-order valence-corrected chi connectivity index (χ1v) is 6.38. The van der Waals surface area contributed by atoms with Gasteiger partial charge in [0.2, 0.25) is 5.75 Å². The third-order valence-electron chi connectivity index (χ3n) is 2.77. The van der Waals surface area contributed by atoms with Crippen molar-refractivity contribution in [2.24, 2.45) is 0 Å². The molecule has 0 bridgehead atoms. The Kier molecular flexibility index (Phi) is 4.71. The van der Waals surface area contributed by atoms with Crippen LogP contribution in [-0.2, 0) is 6.67 Å². The van der Waals surface area contributed by atoms with Crippen molar-refractivity contribution in [1.29, 1.82) is 0 Å². The zero-order valence-corrected chi connectivity index (χ0v) is 11.4. The van der Waals surface area contributed by atoms with Crippen molar-refractivity contribution in [2.75, 3.05) is 6.61 Å². The largest absolute Gasteiger partial charge is 0.487 e. The number of nitro groups is 1. The lowest BCUT2D eigenvalue weighted by Gasteiger charge is -2.10. The Balaban J connectivity index is 2.32. The third-order valence-corrected chi connectivity index (χ3v) is 2.77. The molecule has 5 nitrogen and oxygen atoms in total. The Morgan fingerprint density at radius 1 is 1.19 bits per heavy atom. The number of hydrogen-bond donors (Lipinski definition) is 0. The summed E-state index contributed by atoms with van der Waals surface area (Å²) in [5, 5.41) is 10.9. The van der Waals surface area contributed by atoms with Crippen LogP contribution in [0.5, 0.6) is 17.2 Å². The van der Waals surface area contributed by atoms with Gasteiger partial charge in [-0.3, -0.25) is 10.1 Å². The van der Waals surface area contributed by atoms with Crippen molar-refractivity contribution in [3.05, 3.63) is 58.1 Å². The number of rotatable bonds is 6. The second-order valence-corrected chi connectivity index (χ2v) is 4.16. The van der Waals surface area contributed by atoms with Gasteiger partial charge in [0.25, 0.3) is 0 Å². The normalized spacial score (nSPS) is 10.2. The van der Waals surface area contributed by atoms with Crippen LogP contribution in [0, 0.1) is 10.1 Å². The van der Waals surface area contributed by atoms with Gasteiger partial charge in [-0.25, -0.2) is 4.39 Å². The van der Waals surface area contributed by atoms with Crippen molar-refractivity contribution in [2.45, 2.75) is 13.6 Å². The zero-order chi connectivity index (χ0) is 15.2. The number of alkyl halides is 1. The SMILES string of the molecule is CCOc1cc(Oc2ccccc2CF)ccc1[N+](=O)[O-]. The molecule has 2 rings (SSSR count). The number of nitrogens with zero attached hydrogens (tertiary/aromatic N) is 1. The molecule has 0 aliphatic carbocycles. The fraction of sp³-hybridized carbons (Fsp3) is 0.200. The van der Waals surface area contributed by atoms with Gasteiger partial charge in [0.1, 0.15) is 18.2 Å². The molecule has 0 saturated carbocycles. The highest BCUT2D eigenvalue weighted by molar-refractivity contribution is 5.51. The highest BCUT2D eigenvalue weighted by atomic mass is 19.1. The van der Waals surface area contributed by atoms with Gasteiger partial charge in [0.05, 0.1) is 11.5 Å². The molecule has 0 fully saturated rings. The van der Waals surface area contributed by atoms with Gasteiger partial charge in [-0.1, -0.05) is 18.2 Å². The molecule has 0 aliphatic heterocycles. The molecule has 2 aromatic carbocycles. The lowest BCUT2D eigenvalue weighted by Crippen LogP contribution is -1.98. The molecule has 0 atom stereocenters. The van der Waals surface area contributed by atoms with Crippen LogP contribution < -0.4 is 9.47 Å². The molecular formula is C15H14FNO4. The van der Waals surface area contributed by atoms with Crippen LogP contribution in [0.15, 0.2) is 42.5 Å². The van der Waals surface area contributed by atoms with E-state index in [2.05, 4.69) is 0 Å². The average Bonchev–Trinajstić information content (AvgIpc) is 2.48. The molecule has 0 spiro atoms. The second-order valence-electron chi connectivity index (χ2n) is 4.16. The van der Waals surface area contributed by atoms with E-state index in [1.807, 2.05) is 0 Å². The van der Waals surface area contributed by atoms with E-state index in [0.29, 0.717) is 23.7 Å². The Bertz CT molecular complexity index is 645. The summed E-state index contributed by atoms with van der Waals surface area (Å²) in [5.74, 6) is 0.846. The monoisotopic (exact) mass is 291 g/mol. The molecule has 0 N–H and O–H groups in total. The fourth-order valence-electron chi connectivity index (χ4n) is 1.82. The van der Waals surface area contributed by atoms with Crippen LogP contribution >= 0.6 is 0 Å². The van der Waals surface area contributed by atoms with E-state index < -0.39 is 11.6 Å². The van der Waals surface area contributed by atoms with E-state index in [9.17, 15) is 14.5 Å². The maximum atomic E-state index is 12.9. The first kappa shape index (κ1) is 14.8. The summed E-state index contributed by atoms with van der Waals surface area (Å²) in [6.45, 7) is 1.38. The molecule has 2 aromatic rings. The molecule has 21 heavy (non-hydrogen) atoms. The lowest BCUT2D eigenvalue weighted by molar-refractivity contribution is -0.385. The fourth-order valence-corrected chi connectivity index (χ4v) is 1.82. The third kappa shape index (κ3) is 3.47. The summed E-state index contributed by atoms with van der Waals surface area (Å²) in [4.78, 5) is 10.4. The number of hydrogen-bond acceptors (Lipinski definition) is 4. The molecule has 110 valence electrons. The molecule has 6 heteroatoms. The molecule has 0 aromatic heterocycles. The zero-order valence-electron chi connectivity index (χ0n) is 11.4. The number of ether oxygens (including phenoxy) is 2. The van der Waals surface area contributed by atoms with Crippen molar-refractivity contribution in [1.82, 2.24) is 0 Å². The Morgan fingerprint density at radius 2 is 1.95 bits per heavy atom. The summed E-state index contributed by atoms with van der Waals surface area (Å²) < 4.78 is 23.7. The van der Waals surface area contributed by atoms with Gasteiger partial charge in [-0.15, -0.1) is 0 Å². The van der Waals surface area contributed by atoms with Gasteiger partial charge in [-0.05, 0) is 19.1 Å². The van der Waals surface area contributed by atoms with Crippen molar-refractivity contribution < 1.29 is 18.8 Å². The van der Waals surface area contributed by atoms with Gasteiger partial charge in [0.15, 0.2) is 0 Å². The summed E-state index contributed by atoms with van der Waals surface area (Å²) in [6, 6.07) is 10.9. The van der Waals surface area contributed by atoms with Gasteiger partial charge < -0.3 is 9.47 Å². The quantitative estimate of drug-likeness (QED) is 0.589. The number of halogens is 1. The van der Waals surface area contributed by atoms with Crippen LogP contribution in [0.25, 0.3) is 0 Å². The summed E-state index contributed by atoms with van der Waals surface area (Å²) in [5.41, 5.74) is 0.275. The average molecular weight is 291 g/mol. The standard InChI is InChI=1S/C15H14FNO4/c1-2-20-15-9-12(7-8-13(15)17(18)19)21-14-6-4-3-5-11(14)10-16/h3-9H,2,10H2,1H3. The molecule has 0 heterocycles. The second kappa shape index (κ2) is 6.69. The summed E-state index contributed by atoms with van der Waals surface area (Å²) >= 11 is 0. The highest BCUT2D eigenvalue weighted by Gasteiger charge is 2.16. The number of benzene rings is 2. The van der Waals surface area contributed by atoms with Crippen LogP contribution in [0.2, 0.25) is 0 Å². The predicted octanol–water partition coefficient (Wildman–Crippen LogP) is 4.26. The van der Waals surface area contributed by atoms with Crippen LogP contribution in [0.4, 0.5) is 10.1 Å². The van der Waals surface area contributed by atoms with Crippen LogP contribution in [-0.4, -0.2) is 11.5 Å². The lowest BCUT2D eigenvalue weighted by atomic mass is 10.2. The first-order valence-electron chi connectivity index (χ1n) is 6.38. The van der Waals surface area contributed by atoms with E-state index in [4.69, 9.17) is 9.47 Å². The molecular weight excluding hydrogens is 277 g/mol. The Morgan fingerprint density at radius 3 is 2.62 bits per heavy atom. The van der Waals surface area contributed by atoms with Crippen molar-refractivity contribution >= 4 is 5.69 Å². The Hall–Kier alpha value is -2.63. The van der Waals surface area contributed by atoms with Crippen LogP contribution in [0.1, 0.15) is 12.5 Å². The predicted molar refractivity (Wildman–Crippen MR) is 75.6 cm³/mol. The topological polar surface area (TPSA) is 61.6 Å². The maximum absolute atomic E-state index is 12.9. The van der Waals surface area contributed by atoms with E-state index in [1.54, 1.807) is 31.2 Å². The smallest absolute Gasteiger partial charge is 0.311 e. The molecule has 0 amide bonds. The molecule has 0 radical (unpaired) electrons. The van der Waals surface area contributed by atoms with Gasteiger partial charge in [-0.2, -0.15) is 0 Å². The molecule has 0 aliphatic rings. The first-order chi connectivity index (χ1) is 10.2. The minimum absolute atomic E-state index is 0.123. The minimum Gasteiger partial charge on any atom is -0.487 e. The highest BCUT2D eigenvalue weighted by Crippen LogP contribution is 2.34. The Labute approximate surface area is 121 Å². The minimum atomic E-state index is -0.651. The van der Waals surface area contributed by atoms with E-state index in [0.717, 1.165) is 0 Å². The number of para-hydroxylation sites is 1. The molecule has 0 unspecified atom stereocenters.